The molecule has 1 aromatic heterocycles. The zero-order chi connectivity index (χ0) is 24.9. The molecule has 3 aromatic rings. The van der Waals surface area contributed by atoms with Crippen molar-refractivity contribution in [1.29, 1.82) is 0 Å². The van der Waals surface area contributed by atoms with Crippen LogP contribution in [0.2, 0.25) is 18.1 Å². The minimum Gasteiger partial charge on any atom is -0.417 e. The Bertz CT molecular complexity index is 1140. The second kappa shape index (κ2) is 10.7. The first-order valence-electron chi connectivity index (χ1n) is 12.2. The molecule has 5 heteroatoms. The largest absolute Gasteiger partial charge is 0.417 e. The molecule has 0 radical (unpaired) electrons. The topological polar surface area (TPSA) is 34.5 Å². The van der Waals surface area contributed by atoms with Gasteiger partial charge in [0.15, 0.2) is 8.32 Å². The maximum absolute atomic E-state index is 13.2. The predicted molar refractivity (Wildman–Crippen MR) is 148 cm³/mol. The minimum absolute atomic E-state index is 0.0311. The van der Waals surface area contributed by atoms with Crippen LogP contribution in [0.1, 0.15) is 51.3 Å². The summed E-state index contributed by atoms with van der Waals surface area (Å²) >= 11 is 0. The van der Waals surface area contributed by atoms with Crippen LogP contribution in [0, 0.1) is 0 Å². The number of amides is 1. The Balaban J connectivity index is 1.90. The molecule has 34 heavy (non-hydrogen) atoms. The lowest BCUT2D eigenvalue weighted by molar-refractivity contribution is 0.220. The van der Waals surface area contributed by atoms with Crippen LogP contribution in [0.15, 0.2) is 60.7 Å². The van der Waals surface area contributed by atoms with Gasteiger partial charge >= 0.3 is 6.03 Å². The summed E-state index contributed by atoms with van der Waals surface area (Å²) in [5, 5.41) is 1.30. The molecule has 4 nitrogen and oxygen atoms in total. The van der Waals surface area contributed by atoms with Crippen LogP contribution in [-0.2, 0) is 4.43 Å². The number of benzene rings is 2. The van der Waals surface area contributed by atoms with Gasteiger partial charge in [-0.15, -0.1) is 0 Å². The van der Waals surface area contributed by atoms with Crippen LogP contribution in [0.3, 0.4) is 0 Å². The SMILES string of the molecule is CN(C)C(=O)n1c(/C(=C/c2ccccc2)CCCCO[Si](C)(C)C(C)(C)C)cc2ccccc21. The number of rotatable bonds is 8. The molecular formula is C29H40N2O2Si. The molecule has 0 saturated heterocycles. The molecule has 0 saturated carbocycles. The lowest BCUT2D eigenvalue weighted by Gasteiger charge is -2.36. The monoisotopic (exact) mass is 476 g/mol. The number of carbonyl (C=O) groups excluding carboxylic acids is 1. The second-order valence-corrected chi connectivity index (χ2v) is 15.6. The molecule has 0 N–H and O–H groups in total. The summed E-state index contributed by atoms with van der Waals surface area (Å²) in [4.78, 5) is 14.9. The van der Waals surface area contributed by atoms with Crippen LogP contribution in [0.25, 0.3) is 22.6 Å². The summed E-state index contributed by atoms with van der Waals surface area (Å²) in [6.45, 7) is 12.2. The van der Waals surface area contributed by atoms with Gasteiger partial charge < -0.3 is 9.33 Å². The van der Waals surface area contributed by atoms with Crippen molar-refractivity contribution in [2.45, 2.75) is 58.2 Å². The Morgan fingerprint density at radius 2 is 1.65 bits per heavy atom. The van der Waals surface area contributed by atoms with E-state index < -0.39 is 8.32 Å². The van der Waals surface area contributed by atoms with Crippen molar-refractivity contribution in [3.8, 4) is 0 Å². The number of aromatic nitrogens is 1. The first-order valence-corrected chi connectivity index (χ1v) is 15.1. The van der Waals surface area contributed by atoms with E-state index in [0.29, 0.717) is 0 Å². The van der Waals surface area contributed by atoms with Crippen LogP contribution >= 0.6 is 0 Å². The first kappa shape index (κ1) is 26.0. The van der Waals surface area contributed by atoms with Crippen LogP contribution in [0.4, 0.5) is 4.79 Å². The maximum atomic E-state index is 13.2. The van der Waals surface area contributed by atoms with Crippen molar-refractivity contribution >= 4 is 36.9 Å². The van der Waals surface area contributed by atoms with E-state index in [1.807, 2.05) is 28.8 Å². The third kappa shape index (κ3) is 6.08. The van der Waals surface area contributed by atoms with Crippen LogP contribution in [0.5, 0.6) is 0 Å². The summed E-state index contributed by atoms with van der Waals surface area (Å²) in [7, 11) is 1.88. The lowest BCUT2D eigenvalue weighted by atomic mass is 10.0. The van der Waals surface area contributed by atoms with E-state index >= 15 is 0 Å². The quantitative estimate of drug-likeness (QED) is 0.244. The Hall–Kier alpha value is -2.63. The van der Waals surface area contributed by atoms with Gasteiger partial charge in [-0.2, -0.15) is 0 Å². The number of para-hydroxylation sites is 1. The third-order valence-electron chi connectivity index (χ3n) is 6.86. The van der Waals surface area contributed by atoms with Crippen molar-refractivity contribution < 1.29 is 9.22 Å². The van der Waals surface area contributed by atoms with E-state index in [4.69, 9.17) is 4.43 Å². The van der Waals surface area contributed by atoms with Gasteiger partial charge in [-0.3, -0.25) is 4.57 Å². The molecule has 0 bridgehead atoms. The van der Waals surface area contributed by atoms with Gasteiger partial charge in [0.05, 0.1) is 11.2 Å². The average molecular weight is 477 g/mol. The third-order valence-corrected chi connectivity index (χ3v) is 11.4. The molecule has 0 spiro atoms. The van der Waals surface area contributed by atoms with Gasteiger partial charge in [0, 0.05) is 26.1 Å². The van der Waals surface area contributed by atoms with Gasteiger partial charge in [-0.1, -0.05) is 69.3 Å². The first-order chi connectivity index (χ1) is 16.0. The lowest BCUT2D eigenvalue weighted by Crippen LogP contribution is -2.40. The molecule has 0 atom stereocenters. The van der Waals surface area contributed by atoms with Gasteiger partial charge in [0.1, 0.15) is 0 Å². The highest BCUT2D eigenvalue weighted by Crippen LogP contribution is 2.37. The molecule has 1 heterocycles. The van der Waals surface area contributed by atoms with Gasteiger partial charge in [-0.25, -0.2) is 4.79 Å². The summed E-state index contributed by atoms with van der Waals surface area (Å²) in [5.74, 6) is 0. The highest BCUT2D eigenvalue weighted by Gasteiger charge is 2.36. The molecule has 0 aliphatic carbocycles. The van der Waals surface area contributed by atoms with E-state index in [2.05, 4.69) is 76.3 Å². The molecule has 3 rings (SSSR count). The normalized spacial score (nSPS) is 12.9. The van der Waals surface area contributed by atoms with Gasteiger partial charge in [-0.05, 0) is 66.7 Å². The minimum atomic E-state index is -1.73. The van der Waals surface area contributed by atoms with E-state index in [9.17, 15) is 4.79 Å². The fraction of sp³-hybridized carbons (Fsp3) is 0.414. The number of carbonyl (C=O) groups is 1. The maximum Gasteiger partial charge on any atom is 0.328 e. The Kier molecular flexibility index (Phi) is 8.21. The number of unbranched alkanes of at least 4 members (excludes halogenated alkanes) is 1. The van der Waals surface area contributed by atoms with E-state index in [1.165, 1.54) is 5.57 Å². The number of nitrogens with zero attached hydrogens (tertiary/aromatic N) is 2. The fourth-order valence-electron chi connectivity index (χ4n) is 3.78. The van der Waals surface area contributed by atoms with Crippen molar-refractivity contribution in [2.75, 3.05) is 20.7 Å². The zero-order valence-corrected chi connectivity index (χ0v) is 22.9. The molecule has 0 aliphatic heterocycles. The number of hydrogen-bond acceptors (Lipinski definition) is 2. The summed E-state index contributed by atoms with van der Waals surface area (Å²) in [6.07, 6.45) is 5.11. The number of hydrogen-bond donors (Lipinski definition) is 0. The van der Waals surface area contributed by atoms with Crippen molar-refractivity contribution in [3.05, 3.63) is 71.9 Å². The molecule has 0 unspecified atom stereocenters. The number of allylic oxidation sites excluding steroid dienone is 1. The van der Waals surface area contributed by atoms with Crippen molar-refractivity contribution in [1.82, 2.24) is 9.47 Å². The van der Waals surface area contributed by atoms with E-state index in [1.54, 1.807) is 19.0 Å². The van der Waals surface area contributed by atoms with Gasteiger partial charge in [0.25, 0.3) is 0 Å². The molecular weight excluding hydrogens is 436 g/mol. The average Bonchev–Trinajstić information content (AvgIpc) is 3.16. The second-order valence-electron chi connectivity index (χ2n) is 10.7. The van der Waals surface area contributed by atoms with Crippen LogP contribution < -0.4 is 0 Å². The standard InChI is InChI=1S/C29H40N2O2Si/c1-29(2,3)34(6,7)33-20-14-13-18-24(21-23-15-9-8-10-16-23)27-22-25-17-11-12-19-26(25)31(27)28(32)30(4)5/h8-12,15-17,19,21-22H,13-14,18,20H2,1-7H3/b24-21+. The van der Waals surface area contributed by atoms with Crippen LogP contribution in [-0.4, -0.2) is 44.5 Å². The molecule has 0 aliphatic rings. The highest BCUT2D eigenvalue weighted by molar-refractivity contribution is 6.74. The summed E-state index contributed by atoms with van der Waals surface area (Å²) in [6, 6.07) is 20.6. The number of fused-ring (bicyclic) bond motifs is 1. The summed E-state index contributed by atoms with van der Waals surface area (Å²) < 4.78 is 8.25. The predicted octanol–water partition coefficient (Wildman–Crippen LogP) is 7.90. The molecule has 0 fully saturated rings. The van der Waals surface area contributed by atoms with E-state index in [0.717, 1.165) is 48.0 Å². The van der Waals surface area contributed by atoms with Crippen molar-refractivity contribution in [2.24, 2.45) is 0 Å². The smallest absolute Gasteiger partial charge is 0.328 e. The molecule has 2 aromatic carbocycles. The van der Waals surface area contributed by atoms with Gasteiger partial charge in [0.2, 0.25) is 0 Å². The highest BCUT2D eigenvalue weighted by atomic mass is 28.4. The zero-order valence-electron chi connectivity index (χ0n) is 21.9. The van der Waals surface area contributed by atoms with E-state index in [-0.39, 0.29) is 11.1 Å². The Morgan fingerprint density at radius 3 is 2.29 bits per heavy atom. The Morgan fingerprint density at radius 1 is 1.00 bits per heavy atom. The summed E-state index contributed by atoms with van der Waals surface area (Å²) in [5.41, 5.74) is 4.22. The fourth-order valence-corrected chi connectivity index (χ4v) is 4.87. The molecule has 182 valence electrons. The van der Waals surface area contributed by atoms with Crippen molar-refractivity contribution in [3.63, 3.8) is 0 Å². The molecule has 1 amide bonds. The Labute approximate surface area is 206 Å².